The van der Waals surface area contributed by atoms with Crippen LogP contribution in [0.2, 0.25) is 0 Å². The van der Waals surface area contributed by atoms with Gasteiger partial charge in [-0.3, -0.25) is 14.4 Å². The third kappa shape index (κ3) is 4.78. The zero-order valence-corrected chi connectivity index (χ0v) is 28.7. The third-order valence-electron chi connectivity index (χ3n) is 14.7. The molecule has 0 bridgehead atoms. The lowest BCUT2D eigenvalue weighted by atomic mass is 9.33. The third-order valence-corrected chi connectivity index (χ3v) is 14.7. The van der Waals surface area contributed by atoms with Crippen molar-refractivity contribution in [2.45, 2.75) is 119 Å². The van der Waals surface area contributed by atoms with E-state index in [9.17, 15) is 14.4 Å². The van der Waals surface area contributed by atoms with Crippen LogP contribution in [0.5, 0.6) is 0 Å². The van der Waals surface area contributed by atoms with Crippen molar-refractivity contribution in [1.82, 2.24) is 0 Å². The van der Waals surface area contributed by atoms with Crippen molar-refractivity contribution in [2.75, 3.05) is 6.54 Å². The molecule has 1 aromatic rings. The maximum absolute atomic E-state index is 14.7. The van der Waals surface area contributed by atoms with Gasteiger partial charge in [-0.15, -0.1) is 0 Å². The summed E-state index contributed by atoms with van der Waals surface area (Å²) in [7, 11) is 0. The number of carbonyl (C=O) groups excluding carboxylic acids is 3. The summed E-state index contributed by atoms with van der Waals surface area (Å²) in [6, 6.07) is 9.89. The van der Waals surface area contributed by atoms with Gasteiger partial charge in [-0.2, -0.15) is 0 Å². The first kappa shape index (κ1) is 32.5. The number of benzene rings is 1. The van der Waals surface area contributed by atoms with E-state index in [1.54, 1.807) is 0 Å². The number of ketones is 1. The van der Waals surface area contributed by atoms with Crippen LogP contribution in [0, 0.1) is 50.2 Å². The Labute approximate surface area is 270 Å². The monoisotopic (exact) mass is 617 g/mol. The molecule has 0 amide bonds. The molecule has 4 fully saturated rings. The van der Waals surface area contributed by atoms with Crippen LogP contribution in [-0.2, 0) is 30.5 Å². The van der Waals surface area contributed by atoms with Crippen molar-refractivity contribution in [2.24, 2.45) is 56.0 Å². The number of allylic oxidation sites excluding steroid dienone is 2. The molecule has 0 radical (unpaired) electrons. The van der Waals surface area contributed by atoms with Crippen LogP contribution in [0.3, 0.4) is 0 Å². The van der Waals surface area contributed by atoms with Crippen LogP contribution in [0.15, 0.2) is 42.0 Å². The summed E-state index contributed by atoms with van der Waals surface area (Å²) < 4.78 is 11.8. The molecule has 0 saturated heterocycles. The highest BCUT2D eigenvalue weighted by Gasteiger charge is 2.70. The van der Waals surface area contributed by atoms with Crippen molar-refractivity contribution in [3.05, 3.63) is 47.5 Å². The maximum Gasteiger partial charge on any atom is 0.319 e. The number of nitrogens with two attached hydrogens (primary N) is 1. The predicted molar refractivity (Wildman–Crippen MR) is 175 cm³/mol. The van der Waals surface area contributed by atoms with Crippen molar-refractivity contribution >= 4 is 17.7 Å². The SMILES string of the molecule is CC1(C)[C@@H](OC(=O)CN)CC[C@]2(C)[C@H]3C(=O)C=C4[C@@H]5C[C@@](C)(C(=O)OCc6ccccc6)CC[C@]5(C)CC[C@@]4(C)[C@]3(C)CC[C@@H]12. The molecule has 1 aromatic carbocycles. The van der Waals surface area contributed by atoms with Crippen LogP contribution in [0.4, 0.5) is 0 Å². The summed E-state index contributed by atoms with van der Waals surface area (Å²) in [4.78, 5) is 40.6. The van der Waals surface area contributed by atoms with Crippen molar-refractivity contribution in [3.8, 4) is 0 Å². The Morgan fingerprint density at radius 2 is 1.58 bits per heavy atom. The average Bonchev–Trinajstić information content (AvgIpc) is 2.99. The summed E-state index contributed by atoms with van der Waals surface area (Å²) in [5, 5.41) is 0. The first-order valence-electron chi connectivity index (χ1n) is 17.4. The van der Waals surface area contributed by atoms with Crippen molar-refractivity contribution in [3.63, 3.8) is 0 Å². The molecule has 5 aliphatic carbocycles. The number of esters is 2. The fraction of sp³-hybridized carbons (Fsp3) is 0.718. The van der Waals surface area contributed by atoms with Crippen molar-refractivity contribution in [1.29, 1.82) is 0 Å². The van der Waals surface area contributed by atoms with E-state index in [-0.39, 0.29) is 81.8 Å². The molecule has 45 heavy (non-hydrogen) atoms. The molecule has 0 spiro atoms. The van der Waals surface area contributed by atoms with E-state index >= 15 is 0 Å². The quantitative estimate of drug-likeness (QED) is 0.342. The number of fused-ring (bicyclic) bond motifs is 7. The van der Waals surface area contributed by atoms with Crippen LogP contribution in [0.1, 0.15) is 112 Å². The van der Waals surface area contributed by atoms with Gasteiger partial charge in [-0.05, 0) is 110 Å². The van der Waals surface area contributed by atoms with E-state index in [2.05, 4.69) is 54.5 Å². The molecule has 0 unspecified atom stereocenters. The fourth-order valence-electron chi connectivity index (χ4n) is 11.7. The smallest absolute Gasteiger partial charge is 0.319 e. The first-order chi connectivity index (χ1) is 21.0. The Morgan fingerprint density at radius 3 is 2.27 bits per heavy atom. The standard InChI is InChI=1S/C39H55NO5/c1-34(2)29-13-16-39(7)32(37(29,5)15-14-30(34)45-31(42)23-40)28(41)21-26-27-22-36(4,18-17-35(27,3)19-20-38(26,39)6)33(43)44-24-25-11-9-8-10-12-25/h8-12,21,27,29-30,32H,13-20,22-24,40H2,1-7H3/t27-,29-,30-,32+,35+,36-,37-,38+,39+/m0/s1. The maximum atomic E-state index is 14.7. The van der Waals surface area contributed by atoms with Crippen LogP contribution >= 0.6 is 0 Å². The zero-order chi connectivity index (χ0) is 32.6. The molecule has 6 nitrogen and oxygen atoms in total. The summed E-state index contributed by atoms with van der Waals surface area (Å²) in [5.74, 6) is 0.164. The second-order valence-electron chi connectivity index (χ2n) is 17.4. The minimum atomic E-state index is -0.578. The van der Waals surface area contributed by atoms with Gasteiger partial charge in [-0.25, -0.2) is 0 Å². The van der Waals surface area contributed by atoms with Gasteiger partial charge < -0.3 is 15.2 Å². The lowest BCUT2D eigenvalue weighted by Crippen LogP contribution is -2.66. The first-order valence-corrected chi connectivity index (χ1v) is 17.4. The lowest BCUT2D eigenvalue weighted by molar-refractivity contribution is -0.210. The fourth-order valence-corrected chi connectivity index (χ4v) is 11.7. The van der Waals surface area contributed by atoms with E-state index < -0.39 is 5.41 Å². The van der Waals surface area contributed by atoms with Gasteiger partial charge in [0.15, 0.2) is 5.78 Å². The summed E-state index contributed by atoms with van der Waals surface area (Å²) in [5.41, 5.74) is 6.67. The largest absolute Gasteiger partial charge is 0.461 e. The van der Waals surface area contributed by atoms with Crippen LogP contribution in [0.25, 0.3) is 0 Å². The zero-order valence-electron chi connectivity index (χ0n) is 28.7. The molecule has 0 heterocycles. The van der Waals surface area contributed by atoms with Crippen molar-refractivity contribution < 1.29 is 23.9 Å². The highest BCUT2D eigenvalue weighted by atomic mass is 16.5. The minimum absolute atomic E-state index is 0.0715. The topological polar surface area (TPSA) is 95.7 Å². The van der Waals surface area contributed by atoms with Gasteiger partial charge >= 0.3 is 11.9 Å². The van der Waals surface area contributed by atoms with Crippen LogP contribution in [-0.4, -0.2) is 30.4 Å². The Balaban J connectivity index is 1.31. The lowest BCUT2D eigenvalue weighted by Gasteiger charge is -2.70. The van der Waals surface area contributed by atoms with Gasteiger partial charge in [0.1, 0.15) is 12.7 Å². The molecule has 6 rings (SSSR count). The predicted octanol–water partition coefficient (Wildman–Crippen LogP) is 7.58. The molecule has 5 aliphatic rings. The van der Waals surface area contributed by atoms with Gasteiger partial charge in [0.25, 0.3) is 0 Å². The molecule has 246 valence electrons. The molecular formula is C39H55NO5. The second kappa shape index (κ2) is 10.8. The van der Waals surface area contributed by atoms with E-state index in [0.29, 0.717) is 0 Å². The highest BCUT2D eigenvalue weighted by Crippen LogP contribution is 2.75. The van der Waals surface area contributed by atoms with Gasteiger partial charge in [0.05, 0.1) is 12.0 Å². The van der Waals surface area contributed by atoms with Gasteiger partial charge in [0, 0.05) is 11.3 Å². The Morgan fingerprint density at radius 1 is 0.889 bits per heavy atom. The summed E-state index contributed by atoms with van der Waals surface area (Å²) in [6.45, 7) is 16.3. The summed E-state index contributed by atoms with van der Waals surface area (Å²) >= 11 is 0. The van der Waals surface area contributed by atoms with E-state index in [1.807, 2.05) is 30.3 Å². The highest BCUT2D eigenvalue weighted by molar-refractivity contribution is 5.95. The average molecular weight is 618 g/mol. The Kier molecular flexibility index (Phi) is 7.78. The molecule has 9 atom stereocenters. The second-order valence-corrected chi connectivity index (χ2v) is 17.4. The minimum Gasteiger partial charge on any atom is -0.461 e. The van der Waals surface area contributed by atoms with E-state index in [1.165, 1.54) is 5.57 Å². The number of rotatable bonds is 5. The summed E-state index contributed by atoms with van der Waals surface area (Å²) in [6.07, 6.45) is 10.2. The Hall–Kier alpha value is -2.47. The normalized spacial score (nSPS) is 43.5. The molecule has 0 aliphatic heterocycles. The number of hydrogen-bond acceptors (Lipinski definition) is 6. The van der Waals surface area contributed by atoms with E-state index in [0.717, 1.165) is 63.4 Å². The number of carbonyl (C=O) groups is 3. The number of hydrogen-bond donors (Lipinski definition) is 1. The molecule has 6 heteroatoms. The van der Waals surface area contributed by atoms with E-state index in [4.69, 9.17) is 15.2 Å². The molecule has 2 N–H and O–H groups in total. The van der Waals surface area contributed by atoms with Crippen LogP contribution < -0.4 is 5.73 Å². The van der Waals surface area contributed by atoms with Gasteiger partial charge in [-0.1, -0.05) is 77.4 Å². The Bertz CT molecular complexity index is 1400. The molecule has 4 saturated carbocycles. The van der Waals surface area contributed by atoms with Gasteiger partial charge in [0.2, 0.25) is 0 Å². The molecular weight excluding hydrogens is 562 g/mol. The number of ether oxygens (including phenoxy) is 2. The molecule has 0 aromatic heterocycles.